The fraction of sp³-hybridized carbons (Fsp3) is 0.190. The number of fused-ring (bicyclic) bond motifs is 1. The minimum Gasteiger partial charge on any atom is -0.345 e. The van der Waals surface area contributed by atoms with Crippen LogP contribution in [0.2, 0.25) is 0 Å². The summed E-state index contributed by atoms with van der Waals surface area (Å²) in [7, 11) is 0. The van der Waals surface area contributed by atoms with Gasteiger partial charge in [0.1, 0.15) is 5.65 Å². The number of likely N-dealkylation sites (tertiary alicyclic amines) is 1. The van der Waals surface area contributed by atoms with Gasteiger partial charge in [-0.3, -0.25) is 14.6 Å². The van der Waals surface area contributed by atoms with Crippen molar-refractivity contribution >= 4 is 16.9 Å². The Morgan fingerprint density at radius 2 is 1.93 bits per heavy atom. The fourth-order valence-electron chi connectivity index (χ4n) is 3.66. The Balaban J connectivity index is 1.28. The first kappa shape index (κ1) is 17.3. The molecule has 144 valence electrons. The van der Waals surface area contributed by atoms with Crippen LogP contribution in [0.5, 0.6) is 0 Å². The van der Waals surface area contributed by atoms with Crippen LogP contribution < -0.4 is 5.56 Å². The number of H-pyrrole nitrogens is 1. The van der Waals surface area contributed by atoms with E-state index in [9.17, 15) is 9.59 Å². The van der Waals surface area contributed by atoms with E-state index in [1.807, 2.05) is 24.3 Å². The number of hydrogen-bond donors (Lipinski definition) is 1. The second kappa shape index (κ2) is 6.97. The molecule has 8 nitrogen and oxygen atoms in total. The van der Waals surface area contributed by atoms with E-state index in [-0.39, 0.29) is 17.4 Å². The fourth-order valence-corrected chi connectivity index (χ4v) is 3.66. The smallest absolute Gasteiger partial charge is 0.266 e. The van der Waals surface area contributed by atoms with E-state index in [0.29, 0.717) is 30.8 Å². The number of rotatable bonds is 4. The molecule has 1 aliphatic rings. The molecule has 1 N–H and O–H groups in total. The lowest BCUT2D eigenvalue weighted by Crippen LogP contribution is -2.52. The standard InChI is InChI=1S/C21H18N6O2/c28-19-4-3-18(15-5-8-22-9-6-15)25-27(19)13-14-11-26(12-14)21(29)17-10-24-20-16(17)2-1-7-23-20/h1-10,14H,11-13H2,(H,23,24). The molecule has 1 saturated heterocycles. The normalized spacial score (nSPS) is 14.1. The Morgan fingerprint density at radius 1 is 1.10 bits per heavy atom. The molecule has 0 aliphatic carbocycles. The van der Waals surface area contributed by atoms with Crippen molar-refractivity contribution in [2.24, 2.45) is 5.92 Å². The van der Waals surface area contributed by atoms with Crippen LogP contribution in [-0.2, 0) is 6.54 Å². The van der Waals surface area contributed by atoms with Crippen molar-refractivity contribution in [1.82, 2.24) is 29.6 Å². The van der Waals surface area contributed by atoms with Crippen molar-refractivity contribution in [3.05, 3.63) is 77.1 Å². The molecule has 0 atom stereocenters. The van der Waals surface area contributed by atoms with Crippen molar-refractivity contribution < 1.29 is 4.79 Å². The number of nitrogens with zero attached hydrogens (tertiary/aromatic N) is 5. The Hall–Kier alpha value is -3.81. The maximum atomic E-state index is 12.8. The van der Waals surface area contributed by atoms with Gasteiger partial charge in [0.2, 0.25) is 0 Å². The average Bonchev–Trinajstić information content (AvgIpc) is 3.16. The first-order valence-electron chi connectivity index (χ1n) is 9.39. The molecule has 0 spiro atoms. The monoisotopic (exact) mass is 386 g/mol. The maximum absolute atomic E-state index is 12.8. The molecule has 0 aromatic carbocycles. The summed E-state index contributed by atoms with van der Waals surface area (Å²) in [6, 6.07) is 10.7. The zero-order valence-electron chi connectivity index (χ0n) is 15.5. The molecule has 0 saturated carbocycles. The van der Waals surface area contributed by atoms with Gasteiger partial charge in [-0.15, -0.1) is 0 Å². The zero-order valence-corrected chi connectivity index (χ0v) is 15.5. The van der Waals surface area contributed by atoms with Crippen molar-refractivity contribution in [3.8, 4) is 11.3 Å². The zero-order chi connectivity index (χ0) is 19.8. The van der Waals surface area contributed by atoms with E-state index in [4.69, 9.17) is 0 Å². The molecular weight excluding hydrogens is 368 g/mol. The maximum Gasteiger partial charge on any atom is 0.266 e. The lowest BCUT2D eigenvalue weighted by Gasteiger charge is -2.39. The highest BCUT2D eigenvalue weighted by Gasteiger charge is 2.32. The van der Waals surface area contributed by atoms with Crippen LogP contribution in [0.4, 0.5) is 0 Å². The van der Waals surface area contributed by atoms with Crippen LogP contribution in [-0.4, -0.2) is 48.6 Å². The van der Waals surface area contributed by atoms with Crippen LogP contribution in [0.1, 0.15) is 10.4 Å². The van der Waals surface area contributed by atoms with Gasteiger partial charge in [0.15, 0.2) is 0 Å². The Bertz CT molecular complexity index is 1240. The molecule has 4 aromatic heterocycles. The second-order valence-electron chi connectivity index (χ2n) is 7.15. The van der Waals surface area contributed by atoms with Gasteiger partial charge in [-0.1, -0.05) is 0 Å². The molecule has 5 heterocycles. The minimum atomic E-state index is -0.143. The first-order chi connectivity index (χ1) is 14.2. The largest absolute Gasteiger partial charge is 0.345 e. The minimum absolute atomic E-state index is 0.0219. The van der Waals surface area contributed by atoms with Crippen LogP contribution in [0.15, 0.2) is 66.0 Å². The molecule has 0 unspecified atom stereocenters. The van der Waals surface area contributed by atoms with Crippen molar-refractivity contribution in [1.29, 1.82) is 0 Å². The molecule has 4 aromatic rings. The third-order valence-electron chi connectivity index (χ3n) is 5.20. The highest BCUT2D eigenvalue weighted by atomic mass is 16.2. The van der Waals surface area contributed by atoms with Crippen molar-refractivity contribution in [2.75, 3.05) is 13.1 Å². The van der Waals surface area contributed by atoms with Crippen molar-refractivity contribution in [2.45, 2.75) is 6.54 Å². The quantitative estimate of drug-likeness (QED) is 0.578. The summed E-state index contributed by atoms with van der Waals surface area (Å²) in [6.07, 6.45) is 6.79. The average molecular weight is 386 g/mol. The number of pyridine rings is 2. The van der Waals surface area contributed by atoms with Gasteiger partial charge < -0.3 is 9.88 Å². The van der Waals surface area contributed by atoms with E-state index < -0.39 is 0 Å². The summed E-state index contributed by atoms with van der Waals surface area (Å²) >= 11 is 0. The van der Waals surface area contributed by atoms with Gasteiger partial charge in [-0.25, -0.2) is 9.67 Å². The summed E-state index contributed by atoms with van der Waals surface area (Å²) in [4.78, 5) is 38.1. The molecule has 29 heavy (non-hydrogen) atoms. The molecule has 0 bridgehead atoms. The number of aromatic amines is 1. The summed E-state index contributed by atoms with van der Waals surface area (Å²) in [5, 5.41) is 5.31. The third kappa shape index (κ3) is 3.18. The van der Waals surface area contributed by atoms with E-state index in [1.54, 1.807) is 35.8 Å². The molecule has 1 amide bonds. The Labute approximate surface area is 165 Å². The highest BCUT2D eigenvalue weighted by Crippen LogP contribution is 2.24. The topological polar surface area (TPSA) is 96.8 Å². The van der Waals surface area contributed by atoms with Gasteiger partial charge in [0.25, 0.3) is 11.5 Å². The molecule has 1 fully saturated rings. The predicted molar refractivity (Wildman–Crippen MR) is 107 cm³/mol. The van der Waals surface area contributed by atoms with Crippen LogP contribution in [0.3, 0.4) is 0 Å². The molecule has 0 radical (unpaired) electrons. The van der Waals surface area contributed by atoms with Crippen LogP contribution in [0, 0.1) is 5.92 Å². The number of aromatic nitrogens is 5. The van der Waals surface area contributed by atoms with Gasteiger partial charge in [-0.2, -0.15) is 5.10 Å². The van der Waals surface area contributed by atoms with Gasteiger partial charge in [0, 0.05) is 60.8 Å². The molecular formula is C21H18N6O2. The number of nitrogens with one attached hydrogen (secondary N) is 1. The van der Waals surface area contributed by atoms with Gasteiger partial charge >= 0.3 is 0 Å². The van der Waals surface area contributed by atoms with Gasteiger partial charge in [-0.05, 0) is 30.3 Å². The molecule has 5 rings (SSSR count). The van der Waals surface area contributed by atoms with E-state index in [1.165, 1.54) is 10.7 Å². The lowest BCUT2D eigenvalue weighted by atomic mass is 9.99. The third-order valence-corrected chi connectivity index (χ3v) is 5.20. The number of amides is 1. The van der Waals surface area contributed by atoms with E-state index in [0.717, 1.165) is 16.6 Å². The second-order valence-corrected chi connectivity index (χ2v) is 7.15. The summed E-state index contributed by atoms with van der Waals surface area (Å²) in [5.41, 5.74) is 2.83. The number of carbonyl (C=O) groups excluding carboxylic acids is 1. The molecule has 8 heteroatoms. The lowest BCUT2D eigenvalue weighted by molar-refractivity contribution is 0.0460. The van der Waals surface area contributed by atoms with E-state index >= 15 is 0 Å². The SMILES string of the molecule is O=C(c1c[nH]c2ncccc12)N1CC(Cn2nc(-c3ccncc3)ccc2=O)C1. The van der Waals surface area contributed by atoms with Crippen LogP contribution in [0.25, 0.3) is 22.3 Å². The van der Waals surface area contributed by atoms with E-state index in [2.05, 4.69) is 20.1 Å². The number of carbonyl (C=O) groups is 1. The van der Waals surface area contributed by atoms with Crippen LogP contribution >= 0.6 is 0 Å². The Kier molecular flexibility index (Phi) is 4.16. The summed E-state index contributed by atoms with van der Waals surface area (Å²) < 4.78 is 1.48. The number of hydrogen-bond acceptors (Lipinski definition) is 5. The first-order valence-corrected chi connectivity index (χ1v) is 9.39. The summed E-state index contributed by atoms with van der Waals surface area (Å²) in [5.74, 6) is 0.173. The predicted octanol–water partition coefficient (Wildman–Crippen LogP) is 1.95. The Morgan fingerprint density at radius 3 is 2.76 bits per heavy atom. The summed E-state index contributed by atoms with van der Waals surface area (Å²) in [6.45, 7) is 1.68. The molecule has 1 aliphatic heterocycles. The highest BCUT2D eigenvalue weighted by molar-refractivity contribution is 6.06. The van der Waals surface area contributed by atoms with Gasteiger partial charge in [0.05, 0.1) is 17.8 Å². The van der Waals surface area contributed by atoms with Crippen molar-refractivity contribution in [3.63, 3.8) is 0 Å².